The van der Waals surface area contributed by atoms with E-state index in [2.05, 4.69) is 17.3 Å². The number of nitrogens with zero attached hydrogens (tertiary/aromatic N) is 2. The maximum atomic E-state index is 8.80. The van der Waals surface area contributed by atoms with Gasteiger partial charge in [0.2, 0.25) is 0 Å². The molecule has 1 heterocycles. The molecule has 2 atom stereocenters. The van der Waals surface area contributed by atoms with Crippen LogP contribution < -0.4 is 5.32 Å². The number of aromatic nitrogens is 2. The number of aliphatic hydroxyl groups excluding tert-OH is 1. The molecule has 0 spiro atoms. The van der Waals surface area contributed by atoms with Gasteiger partial charge in [0.05, 0.1) is 25.0 Å². The Balaban J connectivity index is 1.87. The minimum atomic E-state index is 0.140. The Kier molecular flexibility index (Phi) is 3.83. The van der Waals surface area contributed by atoms with Crippen LogP contribution in [-0.4, -0.2) is 27.5 Å². The Morgan fingerprint density at radius 3 is 3.19 bits per heavy atom. The fourth-order valence-corrected chi connectivity index (χ4v) is 2.46. The highest BCUT2D eigenvalue weighted by molar-refractivity contribution is 5.39. The SMILES string of the molecule is CC1CCCC(Nc2cnn(CCO)c2)C1. The number of nitrogens with one attached hydrogen (secondary N) is 1. The average molecular weight is 223 g/mol. The molecule has 16 heavy (non-hydrogen) atoms. The van der Waals surface area contributed by atoms with Gasteiger partial charge in [-0.3, -0.25) is 4.68 Å². The second kappa shape index (κ2) is 5.34. The number of rotatable bonds is 4. The molecule has 0 bridgehead atoms. The van der Waals surface area contributed by atoms with Crippen LogP contribution in [0.1, 0.15) is 32.6 Å². The molecule has 4 heteroatoms. The van der Waals surface area contributed by atoms with Gasteiger partial charge in [0.15, 0.2) is 0 Å². The van der Waals surface area contributed by atoms with Gasteiger partial charge >= 0.3 is 0 Å². The minimum absolute atomic E-state index is 0.140. The van der Waals surface area contributed by atoms with Crippen LogP contribution in [0, 0.1) is 5.92 Å². The van der Waals surface area contributed by atoms with Crippen molar-refractivity contribution in [2.75, 3.05) is 11.9 Å². The normalized spacial score (nSPS) is 25.6. The monoisotopic (exact) mass is 223 g/mol. The standard InChI is InChI=1S/C12H21N3O/c1-10-3-2-4-11(7-10)14-12-8-13-15(9-12)5-6-16/h8-11,14,16H,2-7H2,1H3. The van der Waals surface area contributed by atoms with E-state index in [0.717, 1.165) is 11.6 Å². The van der Waals surface area contributed by atoms with E-state index in [1.54, 1.807) is 4.68 Å². The molecule has 1 saturated carbocycles. The summed E-state index contributed by atoms with van der Waals surface area (Å²) in [6.07, 6.45) is 9.01. The lowest BCUT2D eigenvalue weighted by molar-refractivity contribution is 0.269. The van der Waals surface area contributed by atoms with Crippen molar-refractivity contribution in [2.24, 2.45) is 5.92 Å². The summed E-state index contributed by atoms with van der Waals surface area (Å²) in [4.78, 5) is 0. The van der Waals surface area contributed by atoms with E-state index in [-0.39, 0.29) is 6.61 Å². The maximum absolute atomic E-state index is 8.80. The first-order valence-electron chi connectivity index (χ1n) is 6.18. The van der Waals surface area contributed by atoms with Crippen molar-refractivity contribution in [1.29, 1.82) is 0 Å². The van der Waals surface area contributed by atoms with Gasteiger partial charge in [0, 0.05) is 12.2 Å². The van der Waals surface area contributed by atoms with E-state index < -0.39 is 0 Å². The van der Waals surface area contributed by atoms with E-state index in [0.29, 0.717) is 12.6 Å². The third-order valence-electron chi connectivity index (χ3n) is 3.27. The summed E-state index contributed by atoms with van der Waals surface area (Å²) in [6.45, 7) is 3.04. The van der Waals surface area contributed by atoms with Gasteiger partial charge in [-0.2, -0.15) is 5.10 Å². The Bertz CT molecular complexity index is 324. The molecule has 2 N–H and O–H groups in total. The highest BCUT2D eigenvalue weighted by atomic mass is 16.3. The van der Waals surface area contributed by atoms with Crippen molar-refractivity contribution in [1.82, 2.24) is 9.78 Å². The number of anilines is 1. The largest absolute Gasteiger partial charge is 0.394 e. The maximum Gasteiger partial charge on any atom is 0.0728 e. The van der Waals surface area contributed by atoms with E-state index >= 15 is 0 Å². The van der Waals surface area contributed by atoms with Crippen LogP contribution in [0.4, 0.5) is 5.69 Å². The summed E-state index contributed by atoms with van der Waals surface area (Å²) in [6, 6.07) is 0.593. The molecule has 1 aromatic heterocycles. The van der Waals surface area contributed by atoms with Crippen LogP contribution in [0.2, 0.25) is 0 Å². The molecule has 2 unspecified atom stereocenters. The number of hydrogen-bond acceptors (Lipinski definition) is 3. The van der Waals surface area contributed by atoms with Crippen molar-refractivity contribution < 1.29 is 5.11 Å². The van der Waals surface area contributed by atoms with Gasteiger partial charge in [-0.1, -0.05) is 19.8 Å². The van der Waals surface area contributed by atoms with Crippen molar-refractivity contribution >= 4 is 5.69 Å². The lowest BCUT2D eigenvalue weighted by Crippen LogP contribution is -2.25. The second-order valence-corrected chi connectivity index (χ2v) is 4.83. The average Bonchev–Trinajstić information content (AvgIpc) is 2.66. The molecule has 4 nitrogen and oxygen atoms in total. The van der Waals surface area contributed by atoms with Crippen LogP contribution in [0.15, 0.2) is 12.4 Å². The van der Waals surface area contributed by atoms with Gasteiger partial charge < -0.3 is 10.4 Å². The topological polar surface area (TPSA) is 50.1 Å². The molecule has 0 aromatic carbocycles. The molecule has 0 radical (unpaired) electrons. The molecule has 0 amide bonds. The van der Waals surface area contributed by atoms with Gasteiger partial charge in [0.25, 0.3) is 0 Å². The summed E-state index contributed by atoms with van der Waals surface area (Å²) < 4.78 is 1.77. The highest BCUT2D eigenvalue weighted by Crippen LogP contribution is 2.25. The number of hydrogen-bond donors (Lipinski definition) is 2. The predicted molar refractivity (Wildman–Crippen MR) is 64.4 cm³/mol. The van der Waals surface area contributed by atoms with Crippen LogP contribution in [0.5, 0.6) is 0 Å². The van der Waals surface area contributed by atoms with E-state index in [1.165, 1.54) is 25.7 Å². The fourth-order valence-electron chi connectivity index (χ4n) is 2.46. The predicted octanol–water partition coefficient (Wildman–Crippen LogP) is 1.87. The van der Waals surface area contributed by atoms with Crippen LogP contribution in [0.3, 0.4) is 0 Å². The Hall–Kier alpha value is -1.03. The Labute approximate surface area is 96.7 Å². The summed E-state index contributed by atoms with van der Waals surface area (Å²) in [7, 11) is 0. The first kappa shape index (κ1) is 11.5. The summed E-state index contributed by atoms with van der Waals surface area (Å²) in [5, 5.41) is 16.5. The smallest absolute Gasteiger partial charge is 0.0728 e. The lowest BCUT2D eigenvalue weighted by atomic mass is 9.87. The lowest BCUT2D eigenvalue weighted by Gasteiger charge is -2.27. The molecule has 1 fully saturated rings. The van der Waals surface area contributed by atoms with Gasteiger partial charge in [-0.25, -0.2) is 0 Å². The molecule has 0 saturated heterocycles. The summed E-state index contributed by atoms with van der Waals surface area (Å²) >= 11 is 0. The fraction of sp³-hybridized carbons (Fsp3) is 0.750. The Morgan fingerprint density at radius 1 is 1.56 bits per heavy atom. The molecular weight excluding hydrogens is 202 g/mol. The quantitative estimate of drug-likeness (QED) is 0.819. The summed E-state index contributed by atoms with van der Waals surface area (Å²) in [5.41, 5.74) is 1.08. The molecule has 0 aliphatic heterocycles. The van der Waals surface area contributed by atoms with Crippen molar-refractivity contribution in [3.05, 3.63) is 12.4 Å². The molecule has 1 aromatic rings. The highest BCUT2D eigenvalue weighted by Gasteiger charge is 2.18. The zero-order valence-electron chi connectivity index (χ0n) is 9.89. The first-order valence-corrected chi connectivity index (χ1v) is 6.18. The third-order valence-corrected chi connectivity index (χ3v) is 3.27. The van der Waals surface area contributed by atoms with Crippen molar-refractivity contribution in [3.63, 3.8) is 0 Å². The summed E-state index contributed by atoms with van der Waals surface area (Å²) in [5.74, 6) is 0.832. The minimum Gasteiger partial charge on any atom is -0.394 e. The second-order valence-electron chi connectivity index (χ2n) is 4.83. The molecule has 1 aliphatic rings. The van der Waals surface area contributed by atoms with Crippen LogP contribution in [-0.2, 0) is 6.54 Å². The van der Waals surface area contributed by atoms with E-state index in [9.17, 15) is 0 Å². The van der Waals surface area contributed by atoms with Crippen LogP contribution >= 0.6 is 0 Å². The first-order chi connectivity index (χ1) is 7.78. The van der Waals surface area contributed by atoms with E-state index in [1.807, 2.05) is 12.4 Å². The van der Waals surface area contributed by atoms with Crippen molar-refractivity contribution in [2.45, 2.75) is 45.2 Å². The molecule has 90 valence electrons. The van der Waals surface area contributed by atoms with E-state index in [4.69, 9.17) is 5.11 Å². The molecule has 1 aliphatic carbocycles. The van der Waals surface area contributed by atoms with Gasteiger partial charge in [-0.15, -0.1) is 0 Å². The van der Waals surface area contributed by atoms with Crippen LogP contribution in [0.25, 0.3) is 0 Å². The van der Waals surface area contributed by atoms with Gasteiger partial charge in [0.1, 0.15) is 0 Å². The number of aliphatic hydroxyl groups is 1. The zero-order valence-corrected chi connectivity index (χ0v) is 9.89. The zero-order chi connectivity index (χ0) is 11.4. The third kappa shape index (κ3) is 2.98. The van der Waals surface area contributed by atoms with Crippen molar-refractivity contribution in [3.8, 4) is 0 Å². The van der Waals surface area contributed by atoms with Gasteiger partial charge in [-0.05, 0) is 18.8 Å². The Morgan fingerprint density at radius 2 is 2.44 bits per heavy atom. The molecular formula is C12H21N3O. The molecule has 2 rings (SSSR count).